The summed E-state index contributed by atoms with van der Waals surface area (Å²) in [7, 11) is -0.391. The van der Waals surface area contributed by atoms with Gasteiger partial charge in [-0.05, 0) is 36.4 Å². The van der Waals surface area contributed by atoms with Crippen LogP contribution in [0.25, 0.3) is 0 Å². The van der Waals surface area contributed by atoms with Crippen molar-refractivity contribution in [2.24, 2.45) is 0 Å². The lowest BCUT2D eigenvalue weighted by Gasteiger charge is -2.20. The van der Waals surface area contributed by atoms with E-state index in [4.69, 9.17) is 4.74 Å². The number of nitrogens with one attached hydrogen (secondary N) is 2. The highest BCUT2D eigenvalue weighted by Crippen LogP contribution is 2.12. The zero-order chi connectivity index (χ0) is 18.3. The molecule has 0 aliphatic carbocycles. The minimum absolute atomic E-state index is 0.0940. The molecule has 0 unspecified atom stereocenters. The van der Waals surface area contributed by atoms with Gasteiger partial charge in [0.2, 0.25) is 10.0 Å². The Labute approximate surface area is 147 Å². The fraction of sp³-hybridized carbons (Fsp3) is 0.235. The Kier molecular flexibility index (Phi) is 6.51. The number of carbonyl (C=O) groups is 1. The summed E-state index contributed by atoms with van der Waals surface area (Å²) in [4.78, 5) is 12.4. The minimum atomic E-state index is -3.61. The van der Waals surface area contributed by atoms with Crippen LogP contribution < -0.4 is 15.2 Å². The molecule has 2 rings (SSSR count). The van der Waals surface area contributed by atoms with E-state index in [0.717, 1.165) is 5.69 Å². The van der Waals surface area contributed by atoms with E-state index in [2.05, 4.69) is 10.1 Å². The Morgan fingerprint density at radius 1 is 1.08 bits per heavy atom. The molecule has 0 aromatic heterocycles. The lowest BCUT2D eigenvalue weighted by molar-refractivity contribution is 0.0951. The third-order valence-electron chi connectivity index (χ3n) is 3.44. The van der Waals surface area contributed by atoms with Crippen molar-refractivity contribution in [1.82, 2.24) is 10.1 Å². The van der Waals surface area contributed by atoms with E-state index < -0.39 is 10.0 Å². The van der Waals surface area contributed by atoms with Crippen molar-refractivity contribution in [2.75, 3.05) is 32.3 Å². The summed E-state index contributed by atoms with van der Waals surface area (Å²) in [5, 5.41) is 1.60. The van der Waals surface area contributed by atoms with Crippen LogP contribution in [-0.2, 0) is 14.8 Å². The van der Waals surface area contributed by atoms with Gasteiger partial charge in [-0.1, -0.05) is 18.2 Å². The number of ether oxygens (including phenoxy) is 1. The SMILES string of the molecule is COCCNS(=O)(=O)c1ccc(C(=O)NN(C)c2ccccc2)cc1. The van der Waals surface area contributed by atoms with Crippen molar-refractivity contribution in [3.05, 3.63) is 60.2 Å². The van der Waals surface area contributed by atoms with Gasteiger partial charge in [0.25, 0.3) is 5.91 Å². The maximum Gasteiger partial charge on any atom is 0.269 e. The van der Waals surface area contributed by atoms with E-state index in [9.17, 15) is 13.2 Å². The molecule has 0 aliphatic rings. The molecule has 8 heteroatoms. The molecule has 0 radical (unpaired) electrons. The van der Waals surface area contributed by atoms with Crippen molar-refractivity contribution >= 4 is 21.6 Å². The first-order chi connectivity index (χ1) is 11.9. The minimum Gasteiger partial charge on any atom is -0.383 e. The van der Waals surface area contributed by atoms with Crippen LogP contribution in [-0.4, -0.2) is 41.6 Å². The van der Waals surface area contributed by atoms with Crippen LogP contribution in [0.1, 0.15) is 10.4 Å². The van der Waals surface area contributed by atoms with Gasteiger partial charge < -0.3 is 4.74 Å². The molecule has 0 heterocycles. The number of sulfonamides is 1. The molecule has 2 aromatic rings. The predicted molar refractivity (Wildman–Crippen MR) is 95.8 cm³/mol. The fourth-order valence-corrected chi connectivity index (χ4v) is 3.09. The zero-order valence-electron chi connectivity index (χ0n) is 14.1. The lowest BCUT2D eigenvalue weighted by Crippen LogP contribution is -2.39. The molecular weight excluding hydrogens is 342 g/mol. The quantitative estimate of drug-likeness (QED) is 0.547. The smallest absolute Gasteiger partial charge is 0.269 e. The highest BCUT2D eigenvalue weighted by Gasteiger charge is 2.15. The summed E-state index contributed by atoms with van der Waals surface area (Å²) in [5.74, 6) is -0.331. The molecule has 0 saturated carbocycles. The Hall–Kier alpha value is -2.42. The van der Waals surface area contributed by atoms with Crippen LogP contribution in [0.5, 0.6) is 0 Å². The topological polar surface area (TPSA) is 87.7 Å². The Morgan fingerprint density at radius 2 is 1.72 bits per heavy atom. The predicted octanol–water partition coefficient (Wildman–Crippen LogP) is 1.39. The van der Waals surface area contributed by atoms with Gasteiger partial charge in [-0.2, -0.15) is 0 Å². The molecule has 25 heavy (non-hydrogen) atoms. The summed E-state index contributed by atoms with van der Waals surface area (Å²) in [6.45, 7) is 0.467. The molecule has 7 nitrogen and oxygen atoms in total. The second-order valence-electron chi connectivity index (χ2n) is 5.25. The first-order valence-electron chi connectivity index (χ1n) is 7.62. The molecular formula is C17H21N3O4S. The Bertz CT molecular complexity index is 792. The van der Waals surface area contributed by atoms with Crippen molar-refractivity contribution in [3.8, 4) is 0 Å². The number of hydrogen-bond acceptors (Lipinski definition) is 5. The fourth-order valence-electron chi connectivity index (χ4n) is 2.08. The van der Waals surface area contributed by atoms with Crippen LogP contribution in [0.15, 0.2) is 59.5 Å². The first kappa shape index (κ1) is 18.9. The zero-order valence-corrected chi connectivity index (χ0v) is 14.9. The summed E-state index contributed by atoms with van der Waals surface area (Å²) in [6.07, 6.45) is 0. The standard InChI is InChI=1S/C17H21N3O4S/c1-20(15-6-4-3-5-7-15)19-17(21)14-8-10-16(11-9-14)25(22,23)18-12-13-24-2/h3-11,18H,12-13H2,1-2H3,(H,19,21). The third-order valence-corrected chi connectivity index (χ3v) is 4.91. The number of methoxy groups -OCH3 is 1. The van der Waals surface area contributed by atoms with Crippen LogP contribution in [0.3, 0.4) is 0 Å². The van der Waals surface area contributed by atoms with Crippen LogP contribution in [0.4, 0.5) is 5.69 Å². The van der Waals surface area contributed by atoms with E-state index in [1.165, 1.54) is 31.4 Å². The monoisotopic (exact) mass is 363 g/mol. The average Bonchev–Trinajstić information content (AvgIpc) is 2.62. The van der Waals surface area contributed by atoms with E-state index in [1.54, 1.807) is 12.1 Å². The molecule has 0 saturated heterocycles. The van der Waals surface area contributed by atoms with Crippen LogP contribution >= 0.6 is 0 Å². The number of benzene rings is 2. The van der Waals surface area contributed by atoms with Gasteiger partial charge in [0.15, 0.2) is 0 Å². The summed E-state index contributed by atoms with van der Waals surface area (Å²) in [5.41, 5.74) is 3.92. The normalized spacial score (nSPS) is 11.1. The van der Waals surface area contributed by atoms with Gasteiger partial charge in [0.1, 0.15) is 0 Å². The highest BCUT2D eigenvalue weighted by atomic mass is 32.2. The summed E-state index contributed by atoms with van der Waals surface area (Å²) >= 11 is 0. The number of para-hydroxylation sites is 1. The van der Waals surface area contributed by atoms with E-state index in [1.807, 2.05) is 30.3 Å². The van der Waals surface area contributed by atoms with E-state index in [-0.39, 0.29) is 24.0 Å². The van der Waals surface area contributed by atoms with Crippen molar-refractivity contribution in [1.29, 1.82) is 0 Å². The molecule has 1 amide bonds. The Balaban J connectivity index is 2.03. The van der Waals surface area contributed by atoms with Gasteiger partial charge in [-0.25, -0.2) is 13.1 Å². The molecule has 0 atom stereocenters. The number of rotatable bonds is 8. The van der Waals surface area contributed by atoms with Crippen molar-refractivity contribution < 1.29 is 17.9 Å². The molecule has 2 aromatic carbocycles. The van der Waals surface area contributed by atoms with Crippen molar-refractivity contribution in [2.45, 2.75) is 4.90 Å². The average molecular weight is 363 g/mol. The highest BCUT2D eigenvalue weighted by molar-refractivity contribution is 7.89. The molecule has 2 N–H and O–H groups in total. The number of carbonyl (C=O) groups excluding carboxylic acids is 1. The summed E-state index contributed by atoms with van der Waals surface area (Å²) in [6, 6.07) is 15.1. The van der Waals surface area contributed by atoms with Gasteiger partial charge in [-0.3, -0.25) is 15.2 Å². The van der Waals surface area contributed by atoms with Gasteiger partial charge in [-0.15, -0.1) is 0 Å². The second-order valence-corrected chi connectivity index (χ2v) is 7.02. The molecule has 0 spiro atoms. The largest absolute Gasteiger partial charge is 0.383 e. The molecule has 0 fully saturated rings. The number of nitrogens with zero attached hydrogens (tertiary/aromatic N) is 1. The number of amides is 1. The summed E-state index contributed by atoms with van der Waals surface area (Å²) < 4.78 is 31.4. The lowest BCUT2D eigenvalue weighted by atomic mass is 10.2. The Morgan fingerprint density at radius 3 is 2.32 bits per heavy atom. The van der Waals surface area contributed by atoms with E-state index in [0.29, 0.717) is 5.56 Å². The number of hydrazine groups is 1. The maximum absolute atomic E-state index is 12.3. The van der Waals surface area contributed by atoms with Crippen LogP contribution in [0, 0.1) is 0 Å². The van der Waals surface area contributed by atoms with Gasteiger partial charge in [0.05, 0.1) is 17.2 Å². The first-order valence-corrected chi connectivity index (χ1v) is 9.11. The third kappa shape index (κ3) is 5.28. The number of anilines is 1. The number of hydrogen-bond donors (Lipinski definition) is 2. The maximum atomic E-state index is 12.3. The van der Waals surface area contributed by atoms with E-state index >= 15 is 0 Å². The van der Waals surface area contributed by atoms with Gasteiger partial charge >= 0.3 is 0 Å². The molecule has 0 aliphatic heterocycles. The van der Waals surface area contributed by atoms with Gasteiger partial charge in [0, 0.05) is 26.3 Å². The molecule has 0 bridgehead atoms. The van der Waals surface area contributed by atoms with Crippen molar-refractivity contribution in [3.63, 3.8) is 0 Å². The molecule has 134 valence electrons. The second kappa shape index (κ2) is 8.61. The van der Waals surface area contributed by atoms with Crippen LogP contribution in [0.2, 0.25) is 0 Å².